The molecule has 0 saturated carbocycles. The van der Waals surface area contributed by atoms with E-state index in [9.17, 15) is 4.79 Å². The highest BCUT2D eigenvalue weighted by Crippen LogP contribution is 2.35. The number of aryl methyl sites for hydroxylation is 2. The molecule has 1 atom stereocenters. The first-order chi connectivity index (χ1) is 15.7. The lowest BCUT2D eigenvalue weighted by Gasteiger charge is -2.24. The first kappa shape index (κ1) is 22.4. The van der Waals surface area contributed by atoms with Gasteiger partial charge in [0.05, 0.1) is 18.2 Å². The minimum atomic E-state index is -0.251. The number of benzene rings is 2. The van der Waals surface area contributed by atoms with Gasteiger partial charge in [-0.25, -0.2) is 4.79 Å². The van der Waals surface area contributed by atoms with Crippen LogP contribution < -0.4 is 4.74 Å². The van der Waals surface area contributed by atoms with Gasteiger partial charge in [0.1, 0.15) is 11.9 Å². The molecule has 32 heavy (non-hydrogen) atoms. The lowest BCUT2D eigenvalue weighted by Crippen LogP contribution is -2.26. The van der Waals surface area contributed by atoms with Crippen molar-refractivity contribution in [3.8, 4) is 5.75 Å². The second-order valence-corrected chi connectivity index (χ2v) is 8.80. The predicted octanol–water partition coefficient (Wildman–Crippen LogP) is 6.51. The molecule has 3 aromatic rings. The van der Waals surface area contributed by atoms with Crippen molar-refractivity contribution >= 4 is 16.9 Å². The molecule has 1 aliphatic carbocycles. The van der Waals surface area contributed by atoms with Gasteiger partial charge >= 0.3 is 5.97 Å². The number of fused-ring (bicyclic) bond motifs is 3. The molecule has 0 saturated heterocycles. The Balaban J connectivity index is 1.57. The summed E-state index contributed by atoms with van der Waals surface area (Å²) in [4.78, 5) is 12.7. The molecular weight excluding hydrogens is 398 g/mol. The Morgan fingerprint density at radius 1 is 1.06 bits per heavy atom. The number of carbonyl (C=O) groups is 1. The smallest absolute Gasteiger partial charge is 0.338 e. The van der Waals surface area contributed by atoms with Crippen LogP contribution in [0, 0.1) is 0 Å². The lowest BCUT2D eigenvalue weighted by atomic mass is 9.92. The van der Waals surface area contributed by atoms with E-state index in [-0.39, 0.29) is 12.1 Å². The van der Waals surface area contributed by atoms with Crippen molar-refractivity contribution in [1.82, 2.24) is 4.57 Å². The van der Waals surface area contributed by atoms with Crippen LogP contribution in [0.15, 0.2) is 42.5 Å². The van der Waals surface area contributed by atoms with Crippen LogP contribution in [0.2, 0.25) is 0 Å². The van der Waals surface area contributed by atoms with Crippen molar-refractivity contribution < 1.29 is 14.3 Å². The Morgan fingerprint density at radius 3 is 2.59 bits per heavy atom. The van der Waals surface area contributed by atoms with E-state index in [0.29, 0.717) is 5.56 Å². The average Bonchev–Trinajstić information content (AvgIpc) is 3.15. The fourth-order valence-electron chi connectivity index (χ4n) is 5.02. The maximum atomic E-state index is 12.7. The summed E-state index contributed by atoms with van der Waals surface area (Å²) in [5.41, 5.74) is 6.22. The van der Waals surface area contributed by atoms with Crippen LogP contribution in [0.4, 0.5) is 0 Å². The van der Waals surface area contributed by atoms with Crippen molar-refractivity contribution in [3.63, 3.8) is 0 Å². The van der Waals surface area contributed by atoms with E-state index >= 15 is 0 Å². The molecule has 4 rings (SSSR count). The zero-order chi connectivity index (χ0) is 22.5. The molecule has 0 spiro atoms. The second-order valence-electron chi connectivity index (χ2n) is 8.80. The number of carbonyl (C=O) groups excluding carboxylic acids is 1. The standard InChI is InChI=1S/C28H35NO3/c1-4-6-7-8-18-29-26-17-16-23(32-28(30)21-12-14-22(31-3)15-13-21)19-25(26)24-11-9-10-20(5-2)27(24)29/h9-15,23H,4-8,16-19H2,1-3H3. The van der Waals surface area contributed by atoms with Gasteiger partial charge in [0.2, 0.25) is 0 Å². The van der Waals surface area contributed by atoms with Crippen molar-refractivity contribution in [2.24, 2.45) is 0 Å². The monoisotopic (exact) mass is 433 g/mol. The topological polar surface area (TPSA) is 40.5 Å². The van der Waals surface area contributed by atoms with Crippen molar-refractivity contribution in [3.05, 3.63) is 64.8 Å². The molecule has 4 heteroatoms. The third-order valence-electron chi connectivity index (χ3n) is 6.74. The molecule has 0 bridgehead atoms. The highest BCUT2D eigenvalue weighted by molar-refractivity contribution is 5.90. The van der Waals surface area contributed by atoms with Gasteiger partial charge < -0.3 is 14.0 Å². The molecule has 1 aliphatic rings. The molecule has 4 nitrogen and oxygen atoms in total. The Morgan fingerprint density at radius 2 is 1.88 bits per heavy atom. The fourth-order valence-corrected chi connectivity index (χ4v) is 5.02. The van der Waals surface area contributed by atoms with Gasteiger partial charge in [-0.2, -0.15) is 0 Å². The van der Waals surface area contributed by atoms with E-state index in [4.69, 9.17) is 9.47 Å². The zero-order valence-electron chi connectivity index (χ0n) is 19.7. The Hall–Kier alpha value is -2.75. The summed E-state index contributed by atoms with van der Waals surface area (Å²) < 4.78 is 13.7. The summed E-state index contributed by atoms with van der Waals surface area (Å²) in [5, 5.41) is 1.35. The molecule has 0 amide bonds. The number of hydrogen-bond acceptors (Lipinski definition) is 3. The summed E-state index contributed by atoms with van der Waals surface area (Å²) in [5.74, 6) is 0.487. The number of ether oxygens (including phenoxy) is 2. The number of nitrogens with zero attached hydrogens (tertiary/aromatic N) is 1. The predicted molar refractivity (Wildman–Crippen MR) is 130 cm³/mol. The maximum Gasteiger partial charge on any atom is 0.338 e. The summed E-state index contributed by atoms with van der Waals surface area (Å²) in [6.07, 6.45) is 8.63. The van der Waals surface area contributed by atoms with Gasteiger partial charge in [-0.05, 0) is 61.1 Å². The minimum Gasteiger partial charge on any atom is -0.497 e. The molecule has 170 valence electrons. The first-order valence-electron chi connectivity index (χ1n) is 12.1. The van der Waals surface area contributed by atoms with Crippen LogP contribution >= 0.6 is 0 Å². The number of esters is 1. The van der Waals surface area contributed by atoms with E-state index in [2.05, 4.69) is 36.6 Å². The number of rotatable bonds is 9. The summed E-state index contributed by atoms with van der Waals surface area (Å²) >= 11 is 0. The van der Waals surface area contributed by atoms with Gasteiger partial charge in [0.15, 0.2) is 0 Å². The highest BCUT2D eigenvalue weighted by atomic mass is 16.5. The van der Waals surface area contributed by atoms with Gasteiger partial charge in [0, 0.05) is 24.0 Å². The quantitative estimate of drug-likeness (QED) is 0.285. The fraction of sp³-hybridized carbons (Fsp3) is 0.464. The minimum absolute atomic E-state index is 0.0819. The number of unbranched alkanes of at least 4 members (excludes halogenated alkanes) is 3. The zero-order valence-corrected chi connectivity index (χ0v) is 19.7. The Bertz CT molecular complexity index is 1060. The van der Waals surface area contributed by atoms with E-state index in [1.165, 1.54) is 53.4 Å². The normalized spacial score (nSPS) is 15.5. The SMILES string of the molecule is CCCCCCn1c2c(c3cccc(CC)c31)CC(OC(=O)c1ccc(OC)cc1)CC2. The highest BCUT2D eigenvalue weighted by Gasteiger charge is 2.28. The molecular formula is C28H35NO3. The molecule has 0 N–H and O–H groups in total. The molecule has 1 heterocycles. The third kappa shape index (κ3) is 4.55. The third-order valence-corrected chi connectivity index (χ3v) is 6.74. The van der Waals surface area contributed by atoms with E-state index in [1.807, 2.05) is 0 Å². The Labute approximate surface area is 191 Å². The van der Waals surface area contributed by atoms with Gasteiger partial charge in [-0.3, -0.25) is 0 Å². The van der Waals surface area contributed by atoms with Crippen LogP contribution in [0.3, 0.4) is 0 Å². The average molecular weight is 434 g/mol. The molecule has 1 aromatic heterocycles. The summed E-state index contributed by atoms with van der Waals surface area (Å²) in [6.45, 7) is 5.58. The number of aromatic nitrogens is 1. The van der Waals surface area contributed by atoms with Crippen LogP contribution in [-0.2, 0) is 30.5 Å². The van der Waals surface area contributed by atoms with Crippen molar-refractivity contribution in [2.45, 2.75) is 77.9 Å². The molecule has 2 aromatic carbocycles. The summed E-state index contributed by atoms with van der Waals surface area (Å²) in [6, 6.07) is 13.8. The van der Waals surface area contributed by atoms with E-state index < -0.39 is 0 Å². The van der Waals surface area contributed by atoms with E-state index in [1.54, 1.807) is 31.4 Å². The van der Waals surface area contributed by atoms with E-state index in [0.717, 1.165) is 38.0 Å². The molecule has 0 radical (unpaired) electrons. The lowest BCUT2D eigenvalue weighted by molar-refractivity contribution is 0.0270. The van der Waals surface area contributed by atoms with Crippen LogP contribution in [0.25, 0.3) is 10.9 Å². The number of hydrogen-bond donors (Lipinski definition) is 0. The van der Waals surface area contributed by atoms with Crippen LogP contribution in [-0.4, -0.2) is 23.8 Å². The van der Waals surface area contributed by atoms with Crippen molar-refractivity contribution in [2.75, 3.05) is 7.11 Å². The van der Waals surface area contributed by atoms with Gasteiger partial charge in [-0.15, -0.1) is 0 Å². The van der Waals surface area contributed by atoms with Gasteiger partial charge in [0.25, 0.3) is 0 Å². The largest absolute Gasteiger partial charge is 0.497 e. The number of methoxy groups -OCH3 is 1. The van der Waals surface area contributed by atoms with Gasteiger partial charge in [-0.1, -0.05) is 51.3 Å². The van der Waals surface area contributed by atoms with Crippen LogP contribution in [0.5, 0.6) is 5.75 Å². The molecule has 0 aliphatic heterocycles. The maximum absolute atomic E-state index is 12.7. The second kappa shape index (κ2) is 10.2. The van der Waals surface area contributed by atoms with Crippen molar-refractivity contribution in [1.29, 1.82) is 0 Å². The summed E-state index contributed by atoms with van der Waals surface area (Å²) in [7, 11) is 1.62. The Kier molecular flexibility index (Phi) is 7.19. The first-order valence-corrected chi connectivity index (χ1v) is 12.1. The van der Waals surface area contributed by atoms with Crippen LogP contribution in [0.1, 0.15) is 73.1 Å². The number of para-hydroxylation sites is 1. The molecule has 0 fully saturated rings. The molecule has 1 unspecified atom stereocenters.